The zero-order valence-electron chi connectivity index (χ0n) is 17.8. The number of halogens is 1. The van der Waals surface area contributed by atoms with Crippen LogP contribution in [0.2, 0.25) is 0 Å². The van der Waals surface area contributed by atoms with Crippen molar-refractivity contribution in [2.24, 2.45) is 0 Å². The minimum Gasteiger partial charge on any atom is -0.507 e. The van der Waals surface area contributed by atoms with Gasteiger partial charge in [-0.1, -0.05) is 12.1 Å². The van der Waals surface area contributed by atoms with Gasteiger partial charge in [-0.3, -0.25) is 9.89 Å². The van der Waals surface area contributed by atoms with Crippen molar-refractivity contribution in [3.8, 4) is 28.5 Å². The molecule has 0 spiro atoms. The molecular formula is C23H24BrN3O5. The molecule has 3 aromatic rings. The van der Waals surface area contributed by atoms with E-state index in [9.17, 15) is 15.0 Å². The van der Waals surface area contributed by atoms with E-state index in [1.165, 1.54) is 7.11 Å². The fraction of sp³-hybridized carbons (Fsp3) is 0.304. The fourth-order valence-corrected chi connectivity index (χ4v) is 4.50. The number of nitrogens with one attached hydrogen (secondary N) is 1. The third-order valence-electron chi connectivity index (χ3n) is 5.50. The number of fused-ring (bicyclic) bond motifs is 1. The number of para-hydroxylation sites is 1. The minimum atomic E-state index is -0.488. The monoisotopic (exact) mass is 501 g/mol. The maximum atomic E-state index is 13.3. The summed E-state index contributed by atoms with van der Waals surface area (Å²) in [5, 5.41) is 28.0. The number of hydrogen-bond donors (Lipinski definition) is 3. The number of H-pyrrole nitrogens is 1. The van der Waals surface area contributed by atoms with Gasteiger partial charge < -0.3 is 24.6 Å². The smallest absolute Gasteiger partial charge is 0.273 e. The third-order valence-corrected chi connectivity index (χ3v) is 6.11. The average molecular weight is 502 g/mol. The van der Waals surface area contributed by atoms with Crippen LogP contribution in [0.5, 0.6) is 17.2 Å². The van der Waals surface area contributed by atoms with E-state index in [0.717, 1.165) is 5.56 Å². The second-order valence-corrected chi connectivity index (χ2v) is 8.24. The summed E-state index contributed by atoms with van der Waals surface area (Å²) in [6, 6.07) is 9.88. The standard InChI is InChI=1S/C23H24BrN3O5/c1-3-32-10-6-9-27-21(13-11-15(24)22(29)17(12-13)31-2)18-19(25-26-20(18)23(27)30)14-7-4-5-8-16(14)28/h4-5,7-8,11-12,21,28-29H,3,6,9-10H2,1-2H3,(H,25,26). The number of aromatic amines is 1. The first kappa shape index (κ1) is 22.2. The predicted molar refractivity (Wildman–Crippen MR) is 122 cm³/mol. The van der Waals surface area contributed by atoms with Crippen LogP contribution in [0.1, 0.15) is 41.0 Å². The van der Waals surface area contributed by atoms with Gasteiger partial charge in [0.05, 0.1) is 17.6 Å². The van der Waals surface area contributed by atoms with Crippen molar-refractivity contribution in [2.45, 2.75) is 19.4 Å². The molecule has 0 aliphatic carbocycles. The number of carbonyl (C=O) groups is 1. The molecule has 0 fully saturated rings. The Bertz CT molecular complexity index is 1150. The average Bonchev–Trinajstić information content (AvgIpc) is 3.32. The first-order valence-corrected chi connectivity index (χ1v) is 11.1. The number of rotatable bonds is 8. The molecule has 0 bridgehead atoms. The quantitative estimate of drug-likeness (QED) is 0.398. The van der Waals surface area contributed by atoms with E-state index in [1.807, 2.05) is 13.0 Å². The van der Waals surface area contributed by atoms with Gasteiger partial charge in [0.25, 0.3) is 5.91 Å². The summed E-state index contributed by atoms with van der Waals surface area (Å²) in [6.45, 7) is 3.54. The maximum absolute atomic E-state index is 13.3. The summed E-state index contributed by atoms with van der Waals surface area (Å²) in [7, 11) is 1.47. The number of ether oxygens (including phenoxy) is 2. The van der Waals surface area contributed by atoms with E-state index in [1.54, 1.807) is 35.2 Å². The lowest BCUT2D eigenvalue weighted by molar-refractivity contribution is 0.0710. The van der Waals surface area contributed by atoms with Crippen molar-refractivity contribution in [1.29, 1.82) is 0 Å². The maximum Gasteiger partial charge on any atom is 0.273 e. The summed E-state index contributed by atoms with van der Waals surface area (Å²) in [5.74, 6) is 0.167. The summed E-state index contributed by atoms with van der Waals surface area (Å²) in [6.07, 6.45) is 0.663. The van der Waals surface area contributed by atoms with E-state index in [2.05, 4.69) is 26.1 Å². The molecule has 1 aliphatic heterocycles. The molecule has 0 saturated heterocycles. The Labute approximate surface area is 193 Å². The molecule has 1 aliphatic rings. The second-order valence-electron chi connectivity index (χ2n) is 7.38. The number of aromatic hydroxyl groups is 2. The number of amides is 1. The number of nitrogens with zero attached hydrogens (tertiary/aromatic N) is 2. The summed E-state index contributed by atoms with van der Waals surface area (Å²) >= 11 is 3.38. The molecule has 4 rings (SSSR count). The second kappa shape index (κ2) is 9.22. The first-order chi connectivity index (χ1) is 15.5. The first-order valence-electron chi connectivity index (χ1n) is 10.3. The van der Waals surface area contributed by atoms with Crippen molar-refractivity contribution in [3.05, 3.63) is 57.7 Å². The van der Waals surface area contributed by atoms with Gasteiger partial charge in [0.15, 0.2) is 11.5 Å². The number of aromatic nitrogens is 2. The molecule has 1 unspecified atom stereocenters. The highest BCUT2D eigenvalue weighted by molar-refractivity contribution is 9.10. The highest BCUT2D eigenvalue weighted by Crippen LogP contribution is 2.47. The Morgan fingerprint density at radius 3 is 2.75 bits per heavy atom. The van der Waals surface area contributed by atoms with Crippen molar-refractivity contribution in [2.75, 3.05) is 26.9 Å². The molecule has 2 aromatic carbocycles. The number of carbonyl (C=O) groups excluding carboxylic acids is 1. The van der Waals surface area contributed by atoms with Crippen LogP contribution >= 0.6 is 15.9 Å². The molecule has 0 radical (unpaired) electrons. The fourth-order valence-electron chi connectivity index (χ4n) is 4.04. The Morgan fingerprint density at radius 2 is 2.03 bits per heavy atom. The molecule has 1 atom stereocenters. The van der Waals surface area contributed by atoms with Gasteiger partial charge in [-0.05, 0) is 59.1 Å². The number of phenols is 2. The molecular weight excluding hydrogens is 478 g/mol. The van der Waals surface area contributed by atoms with E-state index < -0.39 is 6.04 Å². The molecule has 1 amide bonds. The molecule has 0 saturated carbocycles. The van der Waals surface area contributed by atoms with Gasteiger partial charge in [0.1, 0.15) is 17.1 Å². The highest BCUT2D eigenvalue weighted by atomic mass is 79.9. The predicted octanol–water partition coefficient (Wildman–Crippen LogP) is 4.23. The van der Waals surface area contributed by atoms with Crippen molar-refractivity contribution in [3.63, 3.8) is 0 Å². The molecule has 8 nitrogen and oxygen atoms in total. The largest absolute Gasteiger partial charge is 0.507 e. The van der Waals surface area contributed by atoms with Crippen LogP contribution in [0.4, 0.5) is 0 Å². The Morgan fingerprint density at radius 1 is 1.25 bits per heavy atom. The van der Waals surface area contributed by atoms with Gasteiger partial charge in [0, 0.05) is 30.9 Å². The highest BCUT2D eigenvalue weighted by Gasteiger charge is 2.42. The van der Waals surface area contributed by atoms with E-state index in [4.69, 9.17) is 9.47 Å². The van der Waals surface area contributed by atoms with Gasteiger partial charge in [0.2, 0.25) is 0 Å². The molecule has 32 heavy (non-hydrogen) atoms. The lowest BCUT2D eigenvalue weighted by Gasteiger charge is -2.27. The summed E-state index contributed by atoms with van der Waals surface area (Å²) < 4.78 is 11.2. The van der Waals surface area contributed by atoms with Gasteiger partial charge >= 0.3 is 0 Å². The van der Waals surface area contributed by atoms with Crippen LogP contribution in [-0.2, 0) is 4.74 Å². The van der Waals surface area contributed by atoms with E-state index in [-0.39, 0.29) is 23.2 Å². The zero-order valence-corrected chi connectivity index (χ0v) is 19.3. The normalized spacial score (nSPS) is 15.3. The Hall–Kier alpha value is -3.04. The van der Waals surface area contributed by atoms with Crippen LogP contribution in [0, 0.1) is 0 Å². The zero-order chi connectivity index (χ0) is 22.8. The lowest BCUT2D eigenvalue weighted by atomic mass is 9.95. The van der Waals surface area contributed by atoms with Crippen molar-refractivity contribution >= 4 is 21.8 Å². The number of phenolic OH excluding ortho intramolecular Hbond substituents is 2. The number of benzene rings is 2. The SMILES string of the molecule is CCOCCCN1C(=O)c2[nH]nc(-c3ccccc3O)c2C1c1cc(Br)c(O)c(OC)c1. The minimum absolute atomic E-state index is 0.0168. The third kappa shape index (κ3) is 3.82. The number of hydrogen-bond acceptors (Lipinski definition) is 6. The van der Waals surface area contributed by atoms with Gasteiger partial charge in [-0.2, -0.15) is 5.10 Å². The summed E-state index contributed by atoms with van der Waals surface area (Å²) in [5.41, 5.74) is 2.84. The van der Waals surface area contributed by atoms with Crippen LogP contribution < -0.4 is 4.74 Å². The van der Waals surface area contributed by atoms with Gasteiger partial charge in [-0.15, -0.1) is 0 Å². The topological polar surface area (TPSA) is 108 Å². The van der Waals surface area contributed by atoms with Gasteiger partial charge in [-0.25, -0.2) is 0 Å². The Balaban J connectivity index is 1.85. The molecule has 168 valence electrons. The molecule has 9 heteroatoms. The van der Waals surface area contributed by atoms with Crippen LogP contribution in [0.15, 0.2) is 40.9 Å². The Kier molecular flexibility index (Phi) is 6.38. The van der Waals surface area contributed by atoms with E-state index in [0.29, 0.717) is 53.2 Å². The number of methoxy groups -OCH3 is 1. The molecule has 2 heterocycles. The van der Waals surface area contributed by atoms with Crippen LogP contribution in [0.25, 0.3) is 11.3 Å². The lowest BCUT2D eigenvalue weighted by Crippen LogP contribution is -2.31. The molecule has 1 aromatic heterocycles. The molecule has 3 N–H and O–H groups in total. The van der Waals surface area contributed by atoms with Crippen molar-refractivity contribution < 1.29 is 24.5 Å². The summed E-state index contributed by atoms with van der Waals surface area (Å²) in [4.78, 5) is 15.1. The van der Waals surface area contributed by atoms with E-state index >= 15 is 0 Å². The van der Waals surface area contributed by atoms with Crippen LogP contribution in [-0.4, -0.2) is 58.1 Å². The van der Waals surface area contributed by atoms with Crippen molar-refractivity contribution in [1.82, 2.24) is 15.1 Å². The van der Waals surface area contributed by atoms with Crippen LogP contribution in [0.3, 0.4) is 0 Å².